The predicted octanol–water partition coefficient (Wildman–Crippen LogP) is 5.73. The van der Waals surface area contributed by atoms with Gasteiger partial charge in [0.05, 0.1) is 28.9 Å². The molecular formula is C20H14O6S4. The van der Waals surface area contributed by atoms with Gasteiger partial charge in [-0.15, -0.1) is 45.3 Å². The standard InChI is InChI=1S/C20H14O6S4/c1-3-23-12-9(21-1)7-27-16(12)18-14-11-15(26-6-5-25-14)19(30-20(11)29-18)17-13-10(8-28-17)22-2-4-24-13/h7-8H,1-6H2. The molecule has 0 bridgehead atoms. The van der Waals surface area contributed by atoms with Gasteiger partial charge in [-0.2, -0.15) is 0 Å². The summed E-state index contributed by atoms with van der Waals surface area (Å²) in [5, 5.41) is 5.07. The van der Waals surface area contributed by atoms with E-state index in [1.807, 2.05) is 10.8 Å². The van der Waals surface area contributed by atoms with Crippen LogP contribution in [0.15, 0.2) is 10.8 Å². The molecule has 6 nitrogen and oxygen atoms in total. The Bertz CT molecular complexity index is 1180. The van der Waals surface area contributed by atoms with Gasteiger partial charge in [0.1, 0.15) is 39.6 Å². The number of fused-ring (bicyclic) bond motifs is 2. The fourth-order valence-electron chi connectivity index (χ4n) is 3.82. The second kappa shape index (κ2) is 6.68. The van der Waals surface area contributed by atoms with Crippen molar-refractivity contribution in [2.45, 2.75) is 0 Å². The summed E-state index contributed by atoms with van der Waals surface area (Å²) in [6.45, 7) is 3.32. The van der Waals surface area contributed by atoms with Crippen LogP contribution in [-0.4, -0.2) is 39.6 Å². The molecule has 4 aromatic rings. The summed E-state index contributed by atoms with van der Waals surface area (Å²) >= 11 is 6.71. The lowest BCUT2D eigenvalue weighted by Gasteiger charge is -2.16. The van der Waals surface area contributed by atoms with Crippen molar-refractivity contribution < 1.29 is 28.4 Å². The second-order valence-corrected chi connectivity index (χ2v) is 10.8. The van der Waals surface area contributed by atoms with Crippen LogP contribution in [0.5, 0.6) is 34.5 Å². The Morgan fingerprint density at radius 3 is 1.43 bits per heavy atom. The lowest BCUT2D eigenvalue weighted by molar-refractivity contribution is 0.174. The lowest BCUT2D eigenvalue weighted by atomic mass is 10.2. The van der Waals surface area contributed by atoms with E-state index in [0.29, 0.717) is 39.6 Å². The molecule has 10 heteroatoms. The van der Waals surface area contributed by atoms with Gasteiger partial charge >= 0.3 is 0 Å². The van der Waals surface area contributed by atoms with Crippen molar-refractivity contribution in [2.24, 2.45) is 0 Å². The van der Waals surface area contributed by atoms with Crippen molar-refractivity contribution in [2.75, 3.05) is 39.6 Å². The highest BCUT2D eigenvalue weighted by Crippen LogP contribution is 2.61. The maximum Gasteiger partial charge on any atom is 0.180 e. The molecule has 0 amide bonds. The Labute approximate surface area is 187 Å². The first-order chi connectivity index (χ1) is 14.9. The van der Waals surface area contributed by atoms with E-state index in [0.717, 1.165) is 59.4 Å². The van der Waals surface area contributed by atoms with Gasteiger partial charge in [0.15, 0.2) is 34.5 Å². The van der Waals surface area contributed by atoms with E-state index >= 15 is 0 Å². The summed E-state index contributed by atoms with van der Waals surface area (Å²) in [7, 11) is 0. The maximum atomic E-state index is 6.20. The molecule has 3 aliphatic heterocycles. The summed E-state index contributed by atoms with van der Waals surface area (Å²) < 4.78 is 36.9. The Balaban J connectivity index is 1.43. The fourth-order valence-corrected chi connectivity index (χ4v) is 8.58. The van der Waals surface area contributed by atoms with Crippen LogP contribution in [0.2, 0.25) is 0 Å². The van der Waals surface area contributed by atoms with Crippen molar-refractivity contribution in [1.29, 1.82) is 0 Å². The molecular weight excluding hydrogens is 464 g/mol. The molecule has 0 spiro atoms. The predicted molar refractivity (Wildman–Crippen MR) is 119 cm³/mol. The zero-order chi connectivity index (χ0) is 19.7. The topological polar surface area (TPSA) is 55.4 Å². The van der Waals surface area contributed by atoms with E-state index in [-0.39, 0.29) is 0 Å². The highest BCUT2D eigenvalue weighted by Gasteiger charge is 2.33. The molecule has 7 heterocycles. The van der Waals surface area contributed by atoms with E-state index in [9.17, 15) is 0 Å². The molecule has 3 aliphatic rings. The van der Waals surface area contributed by atoms with E-state index in [4.69, 9.17) is 28.4 Å². The molecule has 0 aromatic carbocycles. The van der Waals surface area contributed by atoms with Crippen LogP contribution in [0.3, 0.4) is 0 Å². The molecule has 0 atom stereocenters. The zero-order valence-electron chi connectivity index (χ0n) is 15.5. The van der Waals surface area contributed by atoms with Crippen molar-refractivity contribution in [3.63, 3.8) is 0 Å². The maximum absolute atomic E-state index is 6.20. The Morgan fingerprint density at radius 2 is 0.933 bits per heavy atom. The van der Waals surface area contributed by atoms with Gasteiger partial charge in [0.25, 0.3) is 0 Å². The summed E-state index contributed by atoms with van der Waals surface area (Å²) in [4.78, 5) is 4.29. The molecule has 0 saturated heterocycles. The number of ether oxygens (including phenoxy) is 6. The largest absolute Gasteiger partial charge is 0.488 e. The highest BCUT2D eigenvalue weighted by molar-refractivity contribution is 7.43. The van der Waals surface area contributed by atoms with Crippen molar-refractivity contribution in [3.8, 4) is 54.0 Å². The normalized spacial score (nSPS) is 16.8. The molecule has 0 unspecified atom stereocenters. The molecule has 4 aromatic heterocycles. The minimum atomic E-state index is 0.505. The second-order valence-electron chi connectivity index (χ2n) is 6.79. The van der Waals surface area contributed by atoms with E-state index in [1.54, 1.807) is 45.3 Å². The van der Waals surface area contributed by atoms with Gasteiger partial charge in [-0.05, 0) is 0 Å². The van der Waals surface area contributed by atoms with Crippen molar-refractivity contribution in [1.82, 2.24) is 0 Å². The van der Waals surface area contributed by atoms with Crippen LogP contribution in [0, 0.1) is 0 Å². The van der Waals surface area contributed by atoms with E-state index in [2.05, 4.69) is 0 Å². The molecule has 0 saturated carbocycles. The summed E-state index contributed by atoms with van der Waals surface area (Å²) in [5.41, 5.74) is 0. The van der Waals surface area contributed by atoms with E-state index < -0.39 is 0 Å². The van der Waals surface area contributed by atoms with Gasteiger partial charge in [0.2, 0.25) is 0 Å². The van der Waals surface area contributed by atoms with Gasteiger partial charge in [-0.3, -0.25) is 0 Å². The van der Waals surface area contributed by atoms with E-state index in [1.165, 1.54) is 4.01 Å². The van der Waals surface area contributed by atoms with Crippen LogP contribution in [-0.2, 0) is 0 Å². The minimum Gasteiger partial charge on any atom is -0.488 e. The van der Waals surface area contributed by atoms with Crippen LogP contribution in [0.1, 0.15) is 0 Å². The summed E-state index contributed by atoms with van der Waals surface area (Å²) in [6, 6.07) is 0. The van der Waals surface area contributed by atoms with Crippen molar-refractivity contribution in [3.05, 3.63) is 10.8 Å². The molecule has 154 valence electrons. The summed E-state index contributed by atoms with van der Waals surface area (Å²) in [5.74, 6) is 5.05. The summed E-state index contributed by atoms with van der Waals surface area (Å²) in [6.07, 6.45) is 0. The first-order valence-electron chi connectivity index (χ1n) is 9.48. The first kappa shape index (κ1) is 17.5. The quantitative estimate of drug-likeness (QED) is 0.367. The Kier molecular flexibility index (Phi) is 3.90. The molecule has 7 rings (SSSR count). The third-order valence-electron chi connectivity index (χ3n) is 5.05. The Hall–Kier alpha value is -2.14. The number of rotatable bonds is 2. The average Bonchev–Trinajstić information content (AvgIpc) is 3.50. The number of thiophene rings is 4. The first-order valence-corrected chi connectivity index (χ1v) is 12.9. The average molecular weight is 479 g/mol. The number of hydrogen-bond acceptors (Lipinski definition) is 10. The SMILES string of the molecule is c1sc(-c2sc3sc(-c4scc5c4OCCO5)c4c3c2OCCO4)c2c1OCCO2. The van der Waals surface area contributed by atoms with Gasteiger partial charge in [0, 0.05) is 10.8 Å². The molecule has 30 heavy (non-hydrogen) atoms. The van der Waals surface area contributed by atoms with Crippen LogP contribution < -0.4 is 28.4 Å². The van der Waals surface area contributed by atoms with Gasteiger partial charge in [-0.1, -0.05) is 0 Å². The van der Waals surface area contributed by atoms with Crippen LogP contribution in [0.4, 0.5) is 0 Å². The molecule has 0 N–H and O–H groups in total. The highest BCUT2D eigenvalue weighted by atomic mass is 32.2. The van der Waals surface area contributed by atoms with Crippen molar-refractivity contribution >= 4 is 54.7 Å². The van der Waals surface area contributed by atoms with Gasteiger partial charge in [-0.25, -0.2) is 0 Å². The number of hydrogen-bond donors (Lipinski definition) is 0. The fraction of sp³-hybridized carbons (Fsp3) is 0.300. The monoisotopic (exact) mass is 478 g/mol. The molecule has 0 fully saturated rings. The molecule has 0 aliphatic carbocycles. The van der Waals surface area contributed by atoms with Crippen LogP contribution in [0.25, 0.3) is 28.9 Å². The smallest absolute Gasteiger partial charge is 0.180 e. The minimum absolute atomic E-state index is 0.505. The third-order valence-corrected chi connectivity index (χ3v) is 9.69. The Morgan fingerprint density at radius 1 is 0.500 bits per heavy atom. The van der Waals surface area contributed by atoms with Crippen LogP contribution >= 0.6 is 45.3 Å². The zero-order valence-corrected chi connectivity index (χ0v) is 18.7. The lowest BCUT2D eigenvalue weighted by Crippen LogP contribution is -2.14. The van der Waals surface area contributed by atoms with Gasteiger partial charge < -0.3 is 28.4 Å². The third kappa shape index (κ3) is 2.44. The molecule has 0 radical (unpaired) electrons.